The monoisotopic (exact) mass is 622 g/mol. The lowest BCUT2D eigenvalue weighted by molar-refractivity contribution is -0.123. The van der Waals surface area contributed by atoms with E-state index < -0.39 is 7.12 Å². The highest BCUT2D eigenvalue weighted by Crippen LogP contribution is 2.42. The first-order valence-corrected chi connectivity index (χ1v) is 17.1. The van der Waals surface area contributed by atoms with E-state index in [1.54, 1.807) is 0 Å². The molecule has 4 fully saturated rings. The predicted octanol–water partition coefficient (Wildman–Crippen LogP) is 1.92. The van der Waals surface area contributed by atoms with E-state index in [4.69, 9.17) is 21.3 Å². The van der Waals surface area contributed by atoms with Gasteiger partial charge in [0.05, 0.1) is 30.9 Å². The van der Waals surface area contributed by atoms with Crippen molar-refractivity contribution in [1.29, 1.82) is 0 Å². The van der Waals surface area contributed by atoms with Crippen LogP contribution in [-0.4, -0.2) is 95.7 Å². The summed E-state index contributed by atoms with van der Waals surface area (Å²) in [7, 11) is 0.498. The topological polar surface area (TPSA) is 148 Å². The molecule has 0 aromatic carbocycles. The minimum atomic E-state index is -1.31. The van der Waals surface area contributed by atoms with Crippen molar-refractivity contribution in [1.82, 2.24) is 26.4 Å². The molecular weight excluding hydrogens is 571 g/mol. The van der Waals surface area contributed by atoms with E-state index in [0.29, 0.717) is 43.8 Å². The summed E-state index contributed by atoms with van der Waals surface area (Å²) in [5.41, 5.74) is 8.15. The smallest absolute Gasteiger partial charge is 0.427 e. The molecule has 0 radical (unpaired) electrons. The minimum absolute atomic E-state index is 0.0557. The molecule has 0 aromatic rings. The summed E-state index contributed by atoms with van der Waals surface area (Å²) >= 11 is 6.49. The van der Waals surface area contributed by atoms with Gasteiger partial charge in [-0.3, -0.25) is 19.5 Å². The van der Waals surface area contributed by atoms with Gasteiger partial charge in [-0.05, 0) is 82.4 Å². The van der Waals surface area contributed by atoms with Gasteiger partial charge in [-0.15, -0.1) is 11.6 Å². The first-order valence-electron chi connectivity index (χ1n) is 16.7. The van der Waals surface area contributed by atoms with Crippen molar-refractivity contribution in [3.05, 3.63) is 0 Å². The first-order chi connectivity index (χ1) is 20.7. The van der Waals surface area contributed by atoms with Gasteiger partial charge < -0.3 is 25.4 Å². The van der Waals surface area contributed by atoms with Crippen LogP contribution in [0.15, 0.2) is 4.99 Å². The highest BCUT2D eigenvalue weighted by molar-refractivity contribution is 6.43. The van der Waals surface area contributed by atoms with Crippen LogP contribution in [0.2, 0.25) is 5.82 Å². The van der Waals surface area contributed by atoms with Crippen molar-refractivity contribution in [2.24, 2.45) is 22.7 Å². The van der Waals surface area contributed by atoms with Gasteiger partial charge in [0.25, 0.3) is 0 Å². The van der Waals surface area contributed by atoms with Crippen LogP contribution in [0, 0.1) is 17.8 Å². The number of ether oxygens (including phenoxy) is 1. The van der Waals surface area contributed by atoms with Gasteiger partial charge in [0.15, 0.2) is 0 Å². The van der Waals surface area contributed by atoms with Crippen molar-refractivity contribution in [2.75, 3.05) is 20.2 Å². The second kappa shape index (κ2) is 15.3. The van der Waals surface area contributed by atoms with Gasteiger partial charge in [-0.1, -0.05) is 12.8 Å². The number of aliphatic imine (C=N–C) groups is 1. The summed E-state index contributed by atoms with van der Waals surface area (Å²) in [4.78, 5) is 33.7. The molecule has 5 rings (SSSR count). The number of hydrogen-bond donors (Lipinski definition) is 6. The summed E-state index contributed by atoms with van der Waals surface area (Å²) in [5.74, 6) is 0.576. The van der Waals surface area contributed by atoms with Gasteiger partial charge in [0.1, 0.15) is 0 Å². The lowest BCUT2D eigenvalue weighted by atomic mass is 9.62. The molecule has 6 N–H and O–H groups in total. The summed E-state index contributed by atoms with van der Waals surface area (Å²) in [6, 6.07) is 0.105. The van der Waals surface area contributed by atoms with E-state index in [1.807, 2.05) is 7.11 Å². The van der Waals surface area contributed by atoms with Crippen LogP contribution < -0.4 is 21.5 Å². The molecule has 8 atom stereocenters. The van der Waals surface area contributed by atoms with Crippen molar-refractivity contribution in [2.45, 2.75) is 132 Å². The summed E-state index contributed by atoms with van der Waals surface area (Å²) in [6.45, 7) is 2.89. The lowest BCUT2D eigenvalue weighted by Crippen LogP contribution is -2.55. The summed E-state index contributed by atoms with van der Waals surface area (Å²) in [5, 5.41) is 25.2. The van der Waals surface area contributed by atoms with Crippen molar-refractivity contribution >= 4 is 36.2 Å². The molecule has 3 aliphatic carbocycles. The number of methoxy groups -OCH3 is 1. The Hall–Kier alpha value is -1.28. The van der Waals surface area contributed by atoms with Crippen molar-refractivity contribution in [3.63, 3.8) is 0 Å². The Kier molecular flexibility index (Phi) is 11.8. The Morgan fingerprint density at radius 2 is 1.72 bits per heavy atom. The van der Waals surface area contributed by atoms with Crippen LogP contribution in [0.3, 0.4) is 0 Å². The first kappa shape index (κ1) is 33.1. The number of rotatable bonds is 10. The molecule has 242 valence electrons. The lowest BCUT2D eigenvalue weighted by Gasteiger charge is -2.44. The SMILES string of the molecule is COC1CCC2C(C1)C(C1CCC(Cl)CC1)=N[C@@H](CC(=O)NCCNC(=O)CC1CCCC(B(O)O)C1)C1NNC(C)N21. The standard InChI is InChI=1S/C30H52BClN6O5/c1-18-36-37-30-25(17-28(40)34-13-12-33-27(39)15-19-4-3-5-21(14-19)31(41)42)35-29(20-6-8-22(32)9-7-20)24-16-23(43-2)10-11-26(24)38(18)30/h18-26,30,36-37,41-42H,3-17H2,1-2H3,(H,33,39)(H,34,40)/t18?,19?,20?,21?,22?,23?,24?,25-,26?,30?/m0/s1. The Labute approximate surface area is 261 Å². The van der Waals surface area contributed by atoms with Gasteiger partial charge >= 0.3 is 7.12 Å². The van der Waals surface area contributed by atoms with Crippen LogP contribution >= 0.6 is 11.6 Å². The zero-order valence-corrected chi connectivity index (χ0v) is 26.6. The third-order valence-electron chi connectivity index (χ3n) is 10.7. The van der Waals surface area contributed by atoms with Crippen LogP contribution in [0.5, 0.6) is 0 Å². The average Bonchev–Trinajstić information content (AvgIpc) is 3.32. The number of hydrogen-bond acceptors (Lipinski definition) is 9. The molecule has 1 saturated heterocycles. The molecule has 43 heavy (non-hydrogen) atoms. The van der Waals surface area contributed by atoms with Gasteiger partial charge in [0, 0.05) is 49.7 Å². The maximum Gasteiger partial charge on any atom is 0.454 e. The number of fused-ring (bicyclic) bond motifs is 3. The number of hydrazine groups is 1. The Bertz CT molecular complexity index is 985. The fraction of sp³-hybridized carbons (Fsp3) is 0.900. The molecule has 0 aromatic heterocycles. The normalized spacial score (nSPS) is 38.3. The second-order valence-corrected chi connectivity index (χ2v) is 14.2. The highest BCUT2D eigenvalue weighted by atomic mass is 35.5. The third kappa shape index (κ3) is 8.31. The van der Waals surface area contributed by atoms with Crippen LogP contribution in [0.25, 0.3) is 0 Å². The molecule has 2 aliphatic heterocycles. The molecule has 3 saturated carbocycles. The fourth-order valence-corrected chi connectivity index (χ4v) is 8.70. The van der Waals surface area contributed by atoms with E-state index in [-0.39, 0.29) is 59.8 Å². The predicted molar refractivity (Wildman–Crippen MR) is 167 cm³/mol. The summed E-state index contributed by atoms with van der Waals surface area (Å²) in [6.07, 6.45) is 11.3. The number of carbonyl (C=O) groups excluding carboxylic acids is 2. The van der Waals surface area contributed by atoms with Crippen LogP contribution in [-0.2, 0) is 14.3 Å². The van der Waals surface area contributed by atoms with Crippen molar-refractivity contribution < 1.29 is 24.4 Å². The second-order valence-electron chi connectivity index (χ2n) is 13.6. The number of amides is 2. The number of alkyl halides is 1. The van der Waals surface area contributed by atoms with E-state index in [2.05, 4.69) is 33.3 Å². The number of carbonyl (C=O) groups is 2. The highest BCUT2D eigenvalue weighted by Gasteiger charge is 2.50. The summed E-state index contributed by atoms with van der Waals surface area (Å²) < 4.78 is 5.85. The Balaban J connectivity index is 1.19. The van der Waals surface area contributed by atoms with Gasteiger partial charge in [0.2, 0.25) is 11.8 Å². The minimum Gasteiger partial charge on any atom is -0.427 e. The maximum absolute atomic E-state index is 13.2. The maximum atomic E-state index is 13.2. The molecule has 0 spiro atoms. The van der Waals surface area contributed by atoms with E-state index in [9.17, 15) is 19.6 Å². The van der Waals surface area contributed by atoms with Gasteiger partial charge in [-0.25, -0.2) is 10.9 Å². The van der Waals surface area contributed by atoms with Gasteiger partial charge in [-0.2, -0.15) is 0 Å². The Morgan fingerprint density at radius 1 is 1.00 bits per heavy atom. The number of nitrogens with zero attached hydrogens (tertiary/aromatic N) is 2. The van der Waals surface area contributed by atoms with E-state index >= 15 is 0 Å². The van der Waals surface area contributed by atoms with E-state index in [0.717, 1.165) is 64.2 Å². The zero-order valence-electron chi connectivity index (χ0n) is 25.8. The largest absolute Gasteiger partial charge is 0.454 e. The molecule has 7 unspecified atom stereocenters. The van der Waals surface area contributed by atoms with E-state index in [1.165, 1.54) is 5.71 Å². The van der Waals surface area contributed by atoms with Crippen molar-refractivity contribution in [3.8, 4) is 0 Å². The number of nitrogens with one attached hydrogen (secondary N) is 4. The molecule has 2 amide bonds. The third-order valence-corrected chi connectivity index (χ3v) is 11.1. The zero-order chi connectivity index (χ0) is 30.5. The van der Waals surface area contributed by atoms with Crippen LogP contribution in [0.4, 0.5) is 0 Å². The van der Waals surface area contributed by atoms with Crippen LogP contribution in [0.1, 0.15) is 90.4 Å². The molecule has 5 aliphatic rings. The molecular formula is C30H52BClN6O5. The molecule has 11 nitrogen and oxygen atoms in total. The number of halogens is 1. The average molecular weight is 623 g/mol. The fourth-order valence-electron chi connectivity index (χ4n) is 8.45. The quantitative estimate of drug-likeness (QED) is 0.123. The molecule has 2 heterocycles. The molecule has 13 heteroatoms. The Morgan fingerprint density at radius 3 is 2.42 bits per heavy atom. The molecule has 0 bridgehead atoms.